The number of pyridine rings is 1. The molecule has 0 aromatic carbocycles. The van der Waals surface area contributed by atoms with Crippen LogP contribution in [-0.2, 0) is 4.74 Å². The molecule has 1 aromatic rings. The number of hydrogen-bond acceptors (Lipinski definition) is 3. The first kappa shape index (κ1) is 10.9. The zero-order valence-electron chi connectivity index (χ0n) is 8.62. The minimum atomic E-state index is 0.0175. The summed E-state index contributed by atoms with van der Waals surface area (Å²) in [5.74, 6) is 0.0175. The highest BCUT2D eigenvalue weighted by Gasteiger charge is 2.05. The first-order valence-corrected chi connectivity index (χ1v) is 4.77. The predicted molar refractivity (Wildman–Crippen MR) is 54.4 cm³/mol. The highest BCUT2D eigenvalue weighted by atomic mass is 16.5. The maximum atomic E-state index is 11.5. The number of Topliss-reactive ketones (excluding diaryl/α,β-unsaturated/α-hetero) is 1. The van der Waals surface area contributed by atoms with Crippen molar-refractivity contribution in [1.29, 1.82) is 0 Å². The Morgan fingerprint density at radius 2 is 2.36 bits per heavy atom. The van der Waals surface area contributed by atoms with E-state index in [0.717, 1.165) is 12.1 Å². The fourth-order valence-corrected chi connectivity index (χ4v) is 1.11. The highest BCUT2D eigenvalue weighted by molar-refractivity contribution is 5.97. The number of hydrogen-bond donors (Lipinski definition) is 0. The second-order valence-electron chi connectivity index (χ2n) is 3.16. The van der Waals surface area contributed by atoms with E-state index in [1.54, 1.807) is 18.3 Å². The van der Waals surface area contributed by atoms with Gasteiger partial charge in [-0.15, -0.1) is 0 Å². The molecule has 0 bridgehead atoms. The molecule has 0 aliphatic rings. The average Bonchev–Trinajstić information content (AvgIpc) is 2.18. The summed E-state index contributed by atoms with van der Waals surface area (Å²) in [6, 6.07) is 3.49. The van der Waals surface area contributed by atoms with Crippen molar-refractivity contribution in [2.45, 2.75) is 20.3 Å². The fourth-order valence-electron chi connectivity index (χ4n) is 1.11. The van der Waals surface area contributed by atoms with Gasteiger partial charge in [0.1, 0.15) is 6.61 Å². The van der Waals surface area contributed by atoms with E-state index >= 15 is 0 Å². The maximum absolute atomic E-state index is 11.5. The SMILES string of the molecule is CCCOCC(=O)c1ccnc(C)c1. The van der Waals surface area contributed by atoms with Crippen molar-refractivity contribution in [1.82, 2.24) is 4.98 Å². The Bertz CT molecular complexity index is 310. The van der Waals surface area contributed by atoms with Gasteiger partial charge in [0.15, 0.2) is 5.78 Å². The molecule has 0 spiro atoms. The smallest absolute Gasteiger partial charge is 0.188 e. The molecule has 0 aliphatic carbocycles. The van der Waals surface area contributed by atoms with Crippen LogP contribution in [0.3, 0.4) is 0 Å². The van der Waals surface area contributed by atoms with Crippen LogP contribution in [0.4, 0.5) is 0 Å². The van der Waals surface area contributed by atoms with E-state index in [1.807, 2.05) is 13.8 Å². The summed E-state index contributed by atoms with van der Waals surface area (Å²) in [5.41, 5.74) is 1.53. The molecule has 14 heavy (non-hydrogen) atoms. The van der Waals surface area contributed by atoms with Crippen molar-refractivity contribution in [3.8, 4) is 0 Å². The number of ketones is 1. The molecular weight excluding hydrogens is 178 g/mol. The predicted octanol–water partition coefficient (Wildman–Crippen LogP) is 2.00. The van der Waals surface area contributed by atoms with E-state index < -0.39 is 0 Å². The Morgan fingerprint density at radius 3 is 3.00 bits per heavy atom. The second-order valence-corrected chi connectivity index (χ2v) is 3.16. The first-order chi connectivity index (χ1) is 6.74. The number of nitrogens with zero attached hydrogens (tertiary/aromatic N) is 1. The summed E-state index contributed by atoms with van der Waals surface area (Å²) < 4.78 is 5.17. The normalized spacial score (nSPS) is 10.1. The third kappa shape index (κ3) is 3.26. The highest BCUT2D eigenvalue weighted by Crippen LogP contribution is 2.02. The van der Waals surface area contributed by atoms with Gasteiger partial charge in [0.2, 0.25) is 0 Å². The Balaban J connectivity index is 2.52. The van der Waals surface area contributed by atoms with Crippen molar-refractivity contribution >= 4 is 5.78 Å². The molecule has 1 rings (SSSR count). The zero-order valence-corrected chi connectivity index (χ0v) is 8.62. The van der Waals surface area contributed by atoms with Crippen LogP contribution in [0.2, 0.25) is 0 Å². The van der Waals surface area contributed by atoms with Crippen molar-refractivity contribution in [3.05, 3.63) is 29.6 Å². The molecule has 0 atom stereocenters. The van der Waals surface area contributed by atoms with Crippen LogP contribution in [0.5, 0.6) is 0 Å². The molecule has 3 nitrogen and oxygen atoms in total. The molecule has 76 valence electrons. The maximum Gasteiger partial charge on any atom is 0.188 e. The summed E-state index contributed by atoms with van der Waals surface area (Å²) in [6.07, 6.45) is 2.57. The summed E-state index contributed by atoms with van der Waals surface area (Å²) in [4.78, 5) is 15.5. The number of carbonyl (C=O) groups is 1. The van der Waals surface area contributed by atoms with Crippen LogP contribution in [0, 0.1) is 6.92 Å². The van der Waals surface area contributed by atoms with Crippen LogP contribution in [0.25, 0.3) is 0 Å². The molecule has 0 aliphatic heterocycles. The van der Waals surface area contributed by atoms with Crippen LogP contribution in [0.15, 0.2) is 18.3 Å². The molecule has 1 aromatic heterocycles. The lowest BCUT2D eigenvalue weighted by Crippen LogP contribution is -2.09. The van der Waals surface area contributed by atoms with Gasteiger partial charge >= 0.3 is 0 Å². The molecule has 0 N–H and O–H groups in total. The van der Waals surface area contributed by atoms with Gasteiger partial charge in [0.05, 0.1) is 0 Å². The van der Waals surface area contributed by atoms with Crippen LogP contribution >= 0.6 is 0 Å². The number of aryl methyl sites for hydroxylation is 1. The number of ether oxygens (including phenoxy) is 1. The van der Waals surface area contributed by atoms with E-state index in [-0.39, 0.29) is 12.4 Å². The van der Waals surface area contributed by atoms with Gasteiger partial charge in [-0.3, -0.25) is 9.78 Å². The summed E-state index contributed by atoms with van der Waals surface area (Å²) >= 11 is 0. The zero-order chi connectivity index (χ0) is 10.4. The Kier molecular flexibility index (Phi) is 4.26. The van der Waals surface area contributed by atoms with E-state index in [2.05, 4.69) is 4.98 Å². The van der Waals surface area contributed by atoms with Crippen molar-refractivity contribution in [2.24, 2.45) is 0 Å². The number of aromatic nitrogens is 1. The second kappa shape index (κ2) is 5.50. The summed E-state index contributed by atoms with van der Waals surface area (Å²) in [5, 5.41) is 0. The Labute approximate surface area is 84.1 Å². The molecule has 1 heterocycles. The largest absolute Gasteiger partial charge is 0.373 e. The van der Waals surface area contributed by atoms with Crippen molar-refractivity contribution in [2.75, 3.05) is 13.2 Å². The van der Waals surface area contributed by atoms with Gasteiger partial charge in [-0.2, -0.15) is 0 Å². The fraction of sp³-hybridized carbons (Fsp3) is 0.455. The first-order valence-electron chi connectivity index (χ1n) is 4.77. The molecule has 0 unspecified atom stereocenters. The van der Waals surface area contributed by atoms with E-state index in [1.165, 1.54) is 0 Å². The van der Waals surface area contributed by atoms with Crippen LogP contribution in [-0.4, -0.2) is 24.0 Å². The van der Waals surface area contributed by atoms with Crippen LogP contribution < -0.4 is 0 Å². The summed E-state index contributed by atoms with van der Waals surface area (Å²) in [7, 11) is 0. The molecule has 0 amide bonds. The lowest BCUT2D eigenvalue weighted by molar-refractivity contribution is 0.0761. The number of carbonyl (C=O) groups excluding carboxylic acids is 1. The van der Waals surface area contributed by atoms with Gasteiger partial charge in [-0.1, -0.05) is 6.92 Å². The monoisotopic (exact) mass is 193 g/mol. The van der Waals surface area contributed by atoms with E-state index in [0.29, 0.717) is 12.2 Å². The standard InChI is InChI=1S/C11H15NO2/c1-3-6-14-8-11(13)10-4-5-12-9(2)7-10/h4-5,7H,3,6,8H2,1-2H3. The lowest BCUT2D eigenvalue weighted by atomic mass is 10.1. The third-order valence-corrected chi connectivity index (χ3v) is 1.80. The lowest BCUT2D eigenvalue weighted by Gasteiger charge is -2.02. The van der Waals surface area contributed by atoms with Gasteiger partial charge in [0, 0.05) is 24.1 Å². The van der Waals surface area contributed by atoms with Crippen molar-refractivity contribution < 1.29 is 9.53 Å². The molecule has 0 fully saturated rings. The molecular formula is C11H15NO2. The third-order valence-electron chi connectivity index (χ3n) is 1.80. The molecule has 0 saturated carbocycles. The molecule has 3 heteroatoms. The van der Waals surface area contributed by atoms with Gasteiger partial charge < -0.3 is 4.74 Å². The minimum absolute atomic E-state index is 0.0175. The summed E-state index contributed by atoms with van der Waals surface area (Å²) in [6.45, 7) is 4.68. The number of rotatable bonds is 5. The Morgan fingerprint density at radius 1 is 1.57 bits per heavy atom. The topological polar surface area (TPSA) is 39.2 Å². The quantitative estimate of drug-likeness (QED) is 0.530. The van der Waals surface area contributed by atoms with E-state index in [9.17, 15) is 4.79 Å². The Hall–Kier alpha value is -1.22. The van der Waals surface area contributed by atoms with Crippen LogP contribution in [0.1, 0.15) is 29.4 Å². The van der Waals surface area contributed by atoms with Gasteiger partial charge in [-0.05, 0) is 25.5 Å². The van der Waals surface area contributed by atoms with Crippen molar-refractivity contribution in [3.63, 3.8) is 0 Å². The average molecular weight is 193 g/mol. The molecule has 0 radical (unpaired) electrons. The molecule has 0 saturated heterocycles. The minimum Gasteiger partial charge on any atom is -0.373 e. The van der Waals surface area contributed by atoms with Gasteiger partial charge in [0.25, 0.3) is 0 Å². The van der Waals surface area contributed by atoms with Gasteiger partial charge in [-0.25, -0.2) is 0 Å². The van der Waals surface area contributed by atoms with E-state index in [4.69, 9.17) is 4.74 Å².